The van der Waals surface area contributed by atoms with Crippen LogP contribution in [0.15, 0.2) is 24.3 Å². The highest BCUT2D eigenvalue weighted by Crippen LogP contribution is 2.40. The number of benzene rings is 2. The molecule has 2 heterocycles. The van der Waals surface area contributed by atoms with Gasteiger partial charge < -0.3 is 18.9 Å². The fourth-order valence-corrected chi connectivity index (χ4v) is 5.01. The molecular formula is C25H34N2O4. The van der Waals surface area contributed by atoms with Crippen molar-refractivity contribution in [3.63, 3.8) is 0 Å². The van der Waals surface area contributed by atoms with Crippen molar-refractivity contribution in [1.29, 1.82) is 0 Å². The van der Waals surface area contributed by atoms with Gasteiger partial charge in [0.25, 0.3) is 0 Å². The van der Waals surface area contributed by atoms with Crippen molar-refractivity contribution in [2.45, 2.75) is 38.8 Å². The Hall–Kier alpha value is -2.44. The van der Waals surface area contributed by atoms with E-state index in [4.69, 9.17) is 18.9 Å². The molecule has 2 aromatic rings. The second kappa shape index (κ2) is 8.97. The molecule has 0 aliphatic carbocycles. The molecule has 168 valence electrons. The first kappa shape index (κ1) is 21.8. The predicted octanol–water partition coefficient (Wildman–Crippen LogP) is 4.22. The summed E-state index contributed by atoms with van der Waals surface area (Å²) in [5.41, 5.74) is 5.38. The van der Waals surface area contributed by atoms with Crippen LogP contribution in [-0.4, -0.2) is 58.0 Å². The molecule has 0 fully saturated rings. The third kappa shape index (κ3) is 3.94. The van der Waals surface area contributed by atoms with Crippen molar-refractivity contribution in [2.75, 3.05) is 48.2 Å². The summed E-state index contributed by atoms with van der Waals surface area (Å²) in [6.07, 6.45) is 2.04. The SMILES string of the molecule is COc1cc2c(cc1OC)[C@@H](C)N(CN1CCc3cc(OC)c(OC)cc3[C@@H]1C)CC2. The Morgan fingerprint density at radius 3 is 1.35 bits per heavy atom. The Morgan fingerprint density at radius 2 is 1.00 bits per heavy atom. The molecule has 0 saturated heterocycles. The van der Waals surface area contributed by atoms with Crippen LogP contribution in [0.3, 0.4) is 0 Å². The van der Waals surface area contributed by atoms with Crippen molar-refractivity contribution in [3.05, 3.63) is 46.5 Å². The molecule has 0 saturated carbocycles. The maximum atomic E-state index is 5.56. The third-order valence-electron chi connectivity index (χ3n) is 6.99. The zero-order valence-electron chi connectivity index (χ0n) is 19.5. The van der Waals surface area contributed by atoms with E-state index in [1.54, 1.807) is 28.4 Å². The van der Waals surface area contributed by atoms with Gasteiger partial charge in [-0.3, -0.25) is 9.80 Å². The molecular weight excluding hydrogens is 392 g/mol. The van der Waals surface area contributed by atoms with Crippen LogP contribution < -0.4 is 18.9 Å². The zero-order chi connectivity index (χ0) is 22.1. The Balaban J connectivity index is 1.54. The summed E-state index contributed by atoms with van der Waals surface area (Å²) in [5.74, 6) is 3.23. The van der Waals surface area contributed by atoms with Crippen LogP contribution in [0.5, 0.6) is 23.0 Å². The number of hydrogen-bond donors (Lipinski definition) is 0. The molecule has 2 aromatic carbocycles. The van der Waals surface area contributed by atoms with Gasteiger partial charge in [-0.15, -0.1) is 0 Å². The largest absolute Gasteiger partial charge is 0.493 e. The van der Waals surface area contributed by atoms with Crippen LogP contribution >= 0.6 is 0 Å². The van der Waals surface area contributed by atoms with Crippen molar-refractivity contribution >= 4 is 0 Å². The van der Waals surface area contributed by atoms with E-state index >= 15 is 0 Å². The van der Waals surface area contributed by atoms with Crippen molar-refractivity contribution in [3.8, 4) is 23.0 Å². The van der Waals surface area contributed by atoms with Crippen LogP contribution in [0.2, 0.25) is 0 Å². The van der Waals surface area contributed by atoms with E-state index in [-0.39, 0.29) is 0 Å². The highest BCUT2D eigenvalue weighted by atomic mass is 16.5. The van der Waals surface area contributed by atoms with E-state index in [9.17, 15) is 0 Å². The Bertz CT molecular complexity index is 870. The molecule has 0 bridgehead atoms. The summed E-state index contributed by atoms with van der Waals surface area (Å²) >= 11 is 0. The molecule has 31 heavy (non-hydrogen) atoms. The normalized spacial score (nSPS) is 21.2. The number of rotatable bonds is 6. The summed E-state index contributed by atoms with van der Waals surface area (Å²) in [6.45, 7) is 7.59. The van der Waals surface area contributed by atoms with Gasteiger partial charge in [-0.05, 0) is 73.2 Å². The second-order valence-corrected chi connectivity index (χ2v) is 8.43. The quantitative estimate of drug-likeness (QED) is 0.689. The maximum absolute atomic E-state index is 5.56. The maximum Gasteiger partial charge on any atom is 0.161 e. The first-order valence-corrected chi connectivity index (χ1v) is 11.0. The summed E-state index contributed by atoms with van der Waals surface area (Å²) in [7, 11) is 6.79. The standard InChI is InChI=1S/C25H34N2O4/c1-16-20-13-24(30-5)22(28-3)11-18(20)7-9-26(16)15-27-10-8-19-12-23(29-4)25(31-6)14-21(19)17(27)2/h11-14,16-17H,7-10,15H2,1-6H3/t16-,17+. The van der Waals surface area contributed by atoms with E-state index in [0.29, 0.717) is 12.1 Å². The second-order valence-electron chi connectivity index (χ2n) is 8.43. The van der Waals surface area contributed by atoms with Crippen LogP contribution in [-0.2, 0) is 12.8 Å². The first-order chi connectivity index (χ1) is 15.0. The van der Waals surface area contributed by atoms with Gasteiger partial charge in [0.15, 0.2) is 23.0 Å². The third-order valence-corrected chi connectivity index (χ3v) is 6.99. The van der Waals surface area contributed by atoms with Crippen LogP contribution in [0.4, 0.5) is 0 Å². The van der Waals surface area contributed by atoms with Gasteiger partial charge in [-0.1, -0.05) is 0 Å². The van der Waals surface area contributed by atoms with Gasteiger partial charge in [-0.25, -0.2) is 0 Å². The topological polar surface area (TPSA) is 43.4 Å². The molecule has 2 aliphatic heterocycles. The lowest BCUT2D eigenvalue weighted by molar-refractivity contribution is 0.0620. The molecule has 6 nitrogen and oxygen atoms in total. The zero-order valence-corrected chi connectivity index (χ0v) is 19.5. The van der Waals surface area contributed by atoms with Gasteiger partial charge in [0.1, 0.15) is 0 Å². The number of hydrogen-bond acceptors (Lipinski definition) is 6. The summed E-state index contributed by atoms with van der Waals surface area (Å²) in [4.78, 5) is 5.13. The molecule has 4 rings (SSSR count). The highest BCUT2D eigenvalue weighted by Gasteiger charge is 2.31. The molecule has 2 atom stereocenters. The molecule has 0 unspecified atom stereocenters. The molecule has 0 amide bonds. The van der Waals surface area contributed by atoms with Gasteiger partial charge >= 0.3 is 0 Å². The number of fused-ring (bicyclic) bond motifs is 2. The van der Waals surface area contributed by atoms with Gasteiger partial charge in [0.2, 0.25) is 0 Å². The van der Waals surface area contributed by atoms with Crippen molar-refractivity contribution in [2.24, 2.45) is 0 Å². The minimum absolute atomic E-state index is 0.322. The summed E-state index contributed by atoms with van der Waals surface area (Å²) < 4.78 is 22.1. The van der Waals surface area contributed by atoms with E-state index in [1.165, 1.54) is 22.3 Å². The van der Waals surface area contributed by atoms with E-state index in [2.05, 4.69) is 47.9 Å². The Labute approximate surface area is 185 Å². The number of ether oxygens (including phenoxy) is 4. The minimum Gasteiger partial charge on any atom is -0.493 e. The lowest BCUT2D eigenvalue weighted by Crippen LogP contribution is -2.45. The summed E-state index contributed by atoms with van der Waals surface area (Å²) in [5, 5.41) is 0. The van der Waals surface area contributed by atoms with E-state index < -0.39 is 0 Å². The Kier molecular flexibility index (Phi) is 6.30. The lowest BCUT2D eigenvalue weighted by atomic mass is 9.91. The smallest absolute Gasteiger partial charge is 0.161 e. The van der Waals surface area contributed by atoms with Crippen LogP contribution in [0.1, 0.15) is 48.2 Å². The average molecular weight is 427 g/mol. The van der Waals surface area contributed by atoms with E-state index in [1.807, 2.05) is 0 Å². The van der Waals surface area contributed by atoms with E-state index in [0.717, 1.165) is 55.6 Å². The van der Waals surface area contributed by atoms with Crippen molar-refractivity contribution in [1.82, 2.24) is 9.80 Å². The molecule has 0 radical (unpaired) electrons. The van der Waals surface area contributed by atoms with Crippen LogP contribution in [0, 0.1) is 0 Å². The number of methoxy groups -OCH3 is 4. The molecule has 0 N–H and O–H groups in total. The predicted molar refractivity (Wildman–Crippen MR) is 122 cm³/mol. The fraction of sp³-hybridized carbons (Fsp3) is 0.520. The van der Waals surface area contributed by atoms with Gasteiger partial charge in [0, 0.05) is 25.2 Å². The average Bonchev–Trinajstić information content (AvgIpc) is 2.80. The molecule has 0 spiro atoms. The first-order valence-electron chi connectivity index (χ1n) is 11.0. The molecule has 6 heteroatoms. The molecule has 0 aromatic heterocycles. The summed E-state index contributed by atoms with van der Waals surface area (Å²) in [6, 6.07) is 9.22. The van der Waals surface area contributed by atoms with Gasteiger partial charge in [0.05, 0.1) is 35.1 Å². The minimum atomic E-state index is 0.322. The Morgan fingerprint density at radius 1 is 0.645 bits per heavy atom. The fourth-order valence-electron chi connectivity index (χ4n) is 5.01. The molecule has 2 aliphatic rings. The monoisotopic (exact) mass is 426 g/mol. The van der Waals surface area contributed by atoms with Crippen molar-refractivity contribution < 1.29 is 18.9 Å². The van der Waals surface area contributed by atoms with Gasteiger partial charge in [-0.2, -0.15) is 0 Å². The lowest BCUT2D eigenvalue weighted by Gasteiger charge is -2.43. The number of nitrogens with zero attached hydrogens (tertiary/aromatic N) is 2. The highest BCUT2D eigenvalue weighted by molar-refractivity contribution is 5.50. The van der Waals surface area contributed by atoms with Crippen LogP contribution in [0.25, 0.3) is 0 Å².